The van der Waals surface area contributed by atoms with Crippen molar-refractivity contribution in [1.82, 2.24) is 4.72 Å². The van der Waals surface area contributed by atoms with Crippen LogP contribution in [0.1, 0.15) is 24.6 Å². The standard InChI is InChI=1S/C10H16N2O2S3/c1-3-8(6-9(11)15)12-17(13,14)10-5-4-7(2)16-10/h4-5,8,12H,3,6H2,1-2H3,(H2,11,15). The molecule has 1 heterocycles. The topological polar surface area (TPSA) is 72.2 Å². The average molecular weight is 292 g/mol. The van der Waals surface area contributed by atoms with Crippen molar-refractivity contribution in [2.24, 2.45) is 5.73 Å². The van der Waals surface area contributed by atoms with Crippen LogP contribution in [-0.4, -0.2) is 19.4 Å². The van der Waals surface area contributed by atoms with Crippen molar-refractivity contribution in [1.29, 1.82) is 0 Å². The lowest BCUT2D eigenvalue weighted by Crippen LogP contribution is -2.36. The first-order valence-electron chi connectivity index (χ1n) is 5.22. The summed E-state index contributed by atoms with van der Waals surface area (Å²) in [5, 5.41) is 0. The van der Waals surface area contributed by atoms with Gasteiger partial charge in [-0.3, -0.25) is 0 Å². The second-order valence-electron chi connectivity index (χ2n) is 3.76. The second-order valence-corrected chi connectivity index (χ2v) is 7.52. The molecule has 0 aliphatic rings. The molecule has 0 fully saturated rings. The molecule has 0 radical (unpaired) electrons. The minimum atomic E-state index is -3.44. The summed E-state index contributed by atoms with van der Waals surface area (Å²) in [4.78, 5) is 1.29. The highest BCUT2D eigenvalue weighted by molar-refractivity contribution is 7.91. The number of thiocarbonyl (C=S) groups is 1. The van der Waals surface area contributed by atoms with Gasteiger partial charge in [-0.05, 0) is 25.5 Å². The summed E-state index contributed by atoms with van der Waals surface area (Å²) in [5.41, 5.74) is 5.43. The number of thiophene rings is 1. The molecule has 0 bridgehead atoms. The highest BCUT2D eigenvalue weighted by atomic mass is 32.2. The molecule has 3 N–H and O–H groups in total. The van der Waals surface area contributed by atoms with Gasteiger partial charge in [0.25, 0.3) is 0 Å². The molecule has 0 aliphatic carbocycles. The van der Waals surface area contributed by atoms with Gasteiger partial charge in [0.2, 0.25) is 10.0 Å². The number of hydrogen-bond acceptors (Lipinski definition) is 4. The number of sulfonamides is 1. The Kier molecular flexibility index (Phi) is 5.05. The highest BCUT2D eigenvalue weighted by Crippen LogP contribution is 2.21. The summed E-state index contributed by atoms with van der Waals surface area (Å²) in [6.07, 6.45) is 1.04. The van der Waals surface area contributed by atoms with Gasteiger partial charge in [-0.15, -0.1) is 11.3 Å². The van der Waals surface area contributed by atoms with Gasteiger partial charge in [0.15, 0.2) is 0 Å². The van der Waals surface area contributed by atoms with Gasteiger partial charge in [-0.2, -0.15) is 0 Å². The quantitative estimate of drug-likeness (QED) is 0.784. The van der Waals surface area contributed by atoms with Crippen molar-refractivity contribution in [3.63, 3.8) is 0 Å². The van der Waals surface area contributed by atoms with Crippen LogP contribution < -0.4 is 10.5 Å². The minimum absolute atomic E-state index is 0.236. The maximum Gasteiger partial charge on any atom is 0.250 e. The van der Waals surface area contributed by atoms with Crippen LogP contribution in [-0.2, 0) is 10.0 Å². The fourth-order valence-electron chi connectivity index (χ4n) is 1.35. The van der Waals surface area contributed by atoms with Crippen LogP contribution in [0.25, 0.3) is 0 Å². The third-order valence-corrected chi connectivity index (χ3v) is 5.42. The van der Waals surface area contributed by atoms with Gasteiger partial charge < -0.3 is 5.73 Å². The van der Waals surface area contributed by atoms with E-state index >= 15 is 0 Å². The summed E-state index contributed by atoms with van der Waals surface area (Å²) in [5.74, 6) is 0. The van der Waals surface area contributed by atoms with Crippen molar-refractivity contribution in [2.45, 2.75) is 36.9 Å². The van der Waals surface area contributed by atoms with Crippen LogP contribution in [0, 0.1) is 6.92 Å². The first-order chi connectivity index (χ1) is 7.85. The molecule has 1 aromatic heterocycles. The van der Waals surface area contributed by atoms with E-state index in [2.05, 4.69) is 4.72 Å². The lowest BCUT2D eigenvalue weighted by molar-refractivity contribution is 0.548. The maximum absolute atomic E-state index is 12.0. The normalized spacial score (nSPS) is 13.5. The average Bonchev–Trinajstić information content (AvgIpc) is 2.63. The lowest BCUT2D eigenvalue weighted by atomic mass is 10.2. The Morgan fingerprint density at radius 2 is 2.24 bits per heavy atom. The van der Waals surface area contributed by atoms with E-state index in [0.717, 1.165) is 4.88 Å². The molecule has 0 aromatic carbocycles. The number of rotatable bonds is 6. The molecular formula is C10H16N2O2S3. The molecule has 1 aromatic rings. The van der Waals surface area contributed by atoms with E-state index in [9.17, 15) is 8.42 Å². The zero-order valence-electron chi connectivity index (χ0n) is 9.76. The molecule has 1 atom stereocenters. The van der Waals surface area contributed by atoms with E-state index in [1.54, 1.807) is 12.1 Å². The molecular weight excluding hydrogens is 276 g/mol. The molecule has 0 saturated heterocycles. The molecule has 0 aliphatic heterocycles. The summed E-state index contributed by atoms with van der Waals surface area (Å²) in [6, 6.07) is 3.16. The van der Waals surface area contributed by atoms with Gasteiger partial charge in [0.1, 0.15) is 4.21 Å². The van der Waals surface area contributed by atoms with E-state index in [0.29, 0.717) is 22.0 Å². The van der Waals surface area contributed by atoms with Crippen LogP contribution in [0.3, 0.4) is 0 Å². The van der Waals surface area contributed by atoms with Crippen LogP contribution in [0.4, 0.5) is 0 Å². The Hall–Kier alpha value is -0.500. The fourth-order valence-corrected chi connectivity index (χ4v) is 4.17. The van der Waals surface area contributed by atoms with E-state index in [4.69, 9.17) is 18.0 Å². The van der Waals surface area contributed by atoms with E-state index < -0.39 is 10.0 Å². The van der Waals surface area contributed by atoms with Crippen molar-refractivity contribution in [2.75, 3.05) is 0 Å². The van der Waals surface area contributed by atoms with Gasteiger partial charge in [0, 0.05) is 17.3 Å². The van der Waals surface area contributed by atoms with Gasteiger partial charge >= 0.3 is 0 Å². The Bertz CT molecular complexity index is 493. The van der Waals surface area contributed by atoms with E-state index in [-0.39, 0.29) is 6.04 Å². The lowest BCUT2D eigenvalue weighted by Gasteiger charge is -2.15. The molecule has 96 valence electrons. The first-order valence-corrected chi connectivity index (χ1v) is 7.93. The Morgan fingerprint density at radius 1 is 1.59 bits per heavy atom. The summed E-state index contributed by atoms with van der Waals surface area (Å²) < 4.78 is 27.0. The molecule has 4 nitrogen and oxygen atoms in total. The van der Waals surface area contributed by atoms with E-state index in [1.165, 1.54) is 11.3 Å². The Balaban J connectivity index is 2.81. The summed E-state index contributed by atoms with van der Waals surface area (Å²) in [7, 11) is -3.44. The Morgan fingerprint density at radius 3 is 2.65 bits per heavy atom. The van der Waals surface area contributed by atoms with Crippen LogP contribution in [0.15, 0.2) is 16.3 Å². The molecule has 17 heavy (non-hydrogen) atoms. The SMILES string of the molecule is CCC(CC(N)=S)NS(=O)(=O)c1ccc(C)s1. The van der Waals surface area contributed by atoms with Crippen molar-refractivity contribution < 1.29 is 8.42 Å². The fraction of sp³-hybridized carbons (Fsp3) is 0.500. The number of aryl methyl sites for hydroxylation is 1. The van der Waals surface area contributed by atoms with E-state index in [1.807, 2.05) is 13.8 Å². The zero-order valence-corrected chi connectivity index (χ0v) is 12.2. The smallest absolute Gasteiger partial charge is 0.250 e. The molecule has 1 rings (SSSR count). The third kappa shape index (κ3) is 4.34. The molecule has 1 unspecified atom stereocenters. The van der Waals surface area contributed by atoms with Gasteiger partial charge in [-0.25, -0.2) is 13.1 Å². The number of hydrogen-bond donors (Lipinski definition) is 2. The summed E-state index contributed by atoms with van der Waals surface area (Å²) in [6.45, 7) is 3.77. The van der Waals surface area contributed by atoms with Crippen LogP contribution >= 0.6 is 23.6 Å². The maximum atomic E-state index is 12.0. The predicted molar refractivity (Wildman–Crippen MR) is 74.9 cm³/mol. The highest BCUT2D eigenvalue weighted by Gasteiger charge is 2.20. The summed E-state index contributed by atoms with van der Waals surface area (Å²) >= 11 is 6.05. The van der Waals surface area contributed by atoms with Gasteiger partial charge in [-0.1, -0.05) is 19.1 Å². The Labute approximate surface area is 111 Å². The van der Waals surface area contributed by atoms with Crippen molar-refractivity contribution in [3.05, 3.63) is 17.0 Å². The van der Waals surface area contributed by atoms with Crippen molar-refractivity contribution in [3.8, 4) is 0 Å². The number of nitrogens with two attached hydrogens (primary N) is 1. The zero-order chi connectivity index (χ0) is 13.1. The van der Waals surface area contributed by atoms with Crippen LogP contribution in [0.5, 0.6) is 0 Å². The molecule has 0 amide bonds. The largest absolute Gasteiger partial charge is 0.393 e. The minimum Gasteiger partial charge on any atom is -0.393 e. The monoisotopic (exact) mass is 292 g/mol. The molecule has 0 saturated carbocycles. The van der Waals surface area contributed by atoms with Gasteiger partial charge in [0.05, 0.1) is 4.99 Å². The predicted octanol–water partition coefficient (Wildman–Crippen LogP) is 1.79. The third-order valence-electron chi connectivity index (χ3n) is 2.24. The number of nitrogens with one attached hydrogen (secondary N) is 1. The first kappa shape index (κ1) is 14.6. The van der Waals surface area contributed by atoms with Crippen LogP contribution in [0.2, 0.25) is 0 Å². The van der Waals surface area contributed by atoms with Crippen molar-refractivity contribution >= 4 is 38.6 Å². The molecule has 0 spiro atoms. The molecule has 7 heteroatoms. The second kappa shape index (κ2) is 5.90.